The highest BCUT2D eigenvalue weighted by molar-refractivity contribution is 6.36. The van der Waals surface area contributed by atoms with Crippen molar-refractivity contribution in [2.75, 3.05) is 32.0 Å². The average molecular weight is 389 g/mol. The van der Waals surface area contributed by atoms with Crippen molar-refractivity contribution in [1.29, 1.82) is 0 Å². The minimum absolute atomic E-state index is 0.111. The van der Waals surface area contributed by atoms with E-state index >= 15 is 0 Å². The van der Waals surface area contributed by atoms with Gasteiger partial charge in [0.2, 0.25) is 11.8 Å². The number of carbonyl (C=O) groups is 3. The van der Waals surface area contributed by atoms with Gasteiger partial charge in [0.1, 0.15) is 0 Å². The lowest BCUT2D eigenvalue weighted by atomic mass is 10.3. The van der Waals surface area contributed by atoms with Gasteiger partial charge in [0.15, 0.2) is 0 Å². The van der Waals surface area contributed by atoms with Gasteiger partial charge in [0.05, 0.1) is 17.3 Å². The first kappa shape index (κ1) is 21.2. The van der Waals surface area contributed by atoms with Gasteiger partial charge in [-0.1, -0.05) is 30.1 Å². The Balaban J connectivity index is 2.54. The molecular formula is C16H22Cl2N4O3. The summed E-state index contributed by atoms with van der Waals surface area (Å²) in [7, 11) is 1.43. The molecule has 25 heavy (non-hydrogen) atoms. The monoisotopic (exact) mass is 388 g/mol. The first-order valence-electron chi connectivity index (χ1n) is 7.84. The molecule has 0 radical (unpaired) electrons. The van der Waals surface area contributed by atoms with Crippen LogP contribution in [0.2, 0.25) is 10.0 Å². The zero-order chi connectivity index (χ0) is 18.8. The lowest BCUT2D eigenvalue weighted by Gasteiger charge is -2.21. The van der Waals surface area contributed by atoms with Gasteiger partial charge in [0.25, 0.3) is 0 Å². The summed E-state index contributed by atoms with van der Waals surface area (Å²) in [6.07, 6.45) is 0.939. The van der Waals surface area contributed by atoms with Crippen LogP contribution in [0, 0.1) is 0 Å². The highest BCUT2D eigenvalue weighted by atomic mass is 35.5. The SMILES string of the molecule is CCCN(CCC(=O)NC(=O)NC)CC(=O)Nc1ccc(Cl)cc1Cl. The number of rotatable bonds is 8. The Labute approximate surface area is 157 Å². The Morgan fingerprint density at radius 3 is 2.44 bits per heavy atom. The van der Waals surface area contributed by atoms with E-state index in [1.807, 2.05) is 11.8 Å². The molecular weight excluding hydrogens is 367 g/mol. The third-order valence-electron chi connectivity index (χ3n) is 3.25. The summed E-state index contributed by atoms with van der Waals surface area (Å²) < 4.78 is 0. The molecule has 0 aliphatic carbocycles. The molecule has 0 saturated carbocycles. The van der Waals surface area contributed by atoms with Crippen LogP contribution in [0.1, 0.15) is 19.8 Å². The summed E-state index contributed by atoms with van der Waals surface area (Å²) >= 11 is 11.9. The first-order chi connectivity index (χ1) is 11.8. The van der Waals surface area contributed by atoms with E-state index in [9.17, 15) is 14.4 Å². The Hall–Kier alpha value is -1.83. The molecule has 0 atom stereocenters. The fourth-order valence-electron chi connectivity index (χ4n) is 2.08. The average Bonchev–Trinajstić information content (AvgIpc) is 2.55. The molecule has 0 unspecified atom stereocenters. The molecule has 1 rings (SSSR count). The van der Waals surface area contributed by atoms with E-state index in [0.29, 0.717) is 28.8 Å². The van der Waals surface area contributed by atoms with Crippen LogP contribution < -0.4 is 16.0 Å². The third kappa shape index (κ3) is 8.20. The third-order valence-corrected chi connectivity index (χ3v) is 3.80. The predicted octanol–water partition coefficient (Wildman–Crippen LogP) is 2.49. The maximum Gasteiger partial charge on any atom is 0.321 e. The van der Waals surface area contributed by atoms with Crippen LogP contribution >= 0.6 is 23.2 Å². The number of imide groups is 1. The van der Waals surface area contributed by atoms with E-state index in [1.54, 1.807) is 18.2 Å². The molecule has 1 aromatic carbocycles. The quantitative estimate of drug-likeness (QED) is 0.637. The first-order valence-corrected chi connectivity index (χ1v) is 8.60. The number of anilines is 1. The summed E-state index contributed by atoms with van der Waals surface area (Å²) in [6.45, 7) is 3.10. The number of urea groups is 1. The lowest BCUT2D eigenvalue weighted by molar-refractivity contribution is -0.121. The zero-order valence-corrected chi connectivity index (χ0v) is 15.7. The minimum atomic E-state index is -0.554. The van der Waals surface area contributed by atoms with Gasteiger partial charge in [0, 0.05) is 25.0 Å². The van der Waals surface area contributed by atoms with Crippen LogP contribution in [0.3, 0.4) is 0 Å². The van der Waals surface area contributed by atoms with Gasteiger partial charge >= 0.3 is 6.03 Å². The second-order valence-electron chi connectivity index (χ2n) is 5.33. The van der Waals surface area contributed by atoms with Gasteiger partial charge in [-0.2, -0.15) is 0 Å². The number of nitrogens with one attached hydrogen (secondary N) is 3. The van der Waals surface area contributed by atoms with Gasteiger partial charge in [-0.25, -0.2) is 4.79 Å². The predicted molar refractivity (Wildman–Crippen MR) is 99.0 cm³/mol. The van der Waals surface area contributed by atoms with Crippen molar-refractivity contribution in [3.05, 3.63) is 28.2 Å². The van der Waals surface area contributed by atoms with Crippen LogP contribution in [0.15, 0.2) is 18.2 Å². The minimum Gasteiger partial charge on any atom is -0.341 e. The smallest absolute Gasteiger partial charge is 0.321 e. The van der Waals surface area contributed by atoms with Crippen molar-refractivity contribution in [3.63, 3.8) is 0 Å². The van der Waals surface area contributed by atoms with Crippen LogP contribution in [-0.2, 0) is 9.59 Å². The Morgan fingerprint density at radius 2 is 1.84 bits per heavy atom. The van der Waals surface area contributed by atoms with E-state index in [0.717, 1.165) is 6.42 Å². The van der Waals surface area contributed by atoms with Crippen molar-refractivity contribution in [3.8, 4) is 0 Å². The van der Waals surface area contributed by atoms with E-state index in [4.69, 9.17) is 23.2 Å². The highest BCUT2D eigenvalue weighted by Crippen LogP contribution is 2.25. The van der Waals surface area contributed by atoms with Crippen molar-refractivity contribution < 1.29 is 14.4 Å². The topological polar surface area (TPSA) is 90.5 Å². The summed E-state index contributed by atoms with van der Waals surface area (Å²) in [5.74, 6) is -0.647. The number of nitrogens with zero attached hydrogens (tertiary/aromatic N) is 1. The van der Waals surface area contributed by atoms with E-state index in [-0.39, 0.29) is 18.9 Å². The van der Waals surface area contributed by atoms with Gasteiger partial charge in [-0.3, -0.25) is 19.8 Å². The largest absolute Gasteiger partial charge is 0.341 e. The second kappa shape index (κ2) is 10.9. The van der Waals surface area contributed by atoms with Crippen LogP contribution in [0.4, 0.5) is 10.5 Å². The normalized spacial score (nSPS) is 10.4. The van der Waals surface area contributed by atoms with Crippen molar-refractivity contribution in [1.82, 2.24) is 15.5 Å². The highest BCUT2D eigenvalue weighted by Gasteiger charge is 2.14. The molecule has 0 aliphatic heterocycles. The summed E-state index contributed by atoms with van der Waals surface area (Å²) in [4.78, 5) is 36.8. The number of benzene rings is 1. The number of amides is 4. The van der Waals surface area contributed by atoms with Crippen LogP contribution in [0.5, 0.6) is 0 Å². The molecule has 0 heterocycles. The number of carbonyl (C=O) groups excluding carboxylic acids is 3. The molecule has 0 fully saturated rings. The van der Waals surface area contributed by atoms with E-state index < -0.39 is 11.9 Å². The number of halogens is 2. The summed E-state index contributed by atoms with van der Waals surface area (Å²) in [5, 5.41) is 8.05. The van der Waals surface area contributed by atoms with Crippen LogP contribution in [-0.4, -0.2) is 49.4 Å². The molecule has 7 nitrogen and oxygen atoms in total. The molecule has 0 saturated heterocycles. The maximum absolute atomic E-state index is 12.2. The van der Waals surface area contributed by atoms with Gasteiger partial charge in [-0.05, 0) is 31.2 Å². The molecule has 0 aromatic heterocycles. The van der Waals surface area contributed by atoms with Gasteiger partial charge < -0.3 is 10.6 Å². The van der Waals surface area contributed by atoms with Crippen molar-refractivity contribution >= 4 is 46.7 Å². The number of hydrogen-bond donors (Lipinski definition) is 3. The van der Waals surface area contributed by atoms with Gasteiger partial charge in [-0.15, -0.1) is 0 Å². The molecule has 3 N–H and O–H groups in total. The van der Waals surface area contributed by atoms with Crippen molar-refractivity contribution in [2.24, 2.45) is 0 Å². The number of hydrogen-bond acceptors (Lipinski definition) is 4. The Bertz CT molecular complexity index is 625. The molecule has 0 aliphatic rings. The Morgan fingerprint density at radius 1 is 1.12 bits per heavy atom. The maximum atomic E-state index is 12.2. The molecule has 0 bridgehead atoms. The molecule has 4 amide bonds. The fourth-order valence-corrected chi connectivity index (χ4v) is 2.54. The standard InChI is InChI=1S/C16H22Cl2N4O3/c1-3-7-22(8-6-14(23)21-16(25)19-2)10-15(24)20-13-5-4-11(17)9-12(13)18/h4-5,9H,3,6-8,10H2,1-2H3,(H,20,24)(H2,19,21,23,25). The molecule has 0 spiro atoms. The Kier molecular flexibility index (Phi) is 9.26. The second-order valence-corrected chi connectivity index (χ2v) is 6.17. The van der Waals surface area contributed by atoms with E-state index in [2.05, 4.69) is 16.0 Å². The summed E-state index contributed by atoms with van der Waals surface area (Å²) in [6, 6.07) is 4.26. The van der Waals surface area contributed by atoms with Crippen LogP contribution in [0.25, 0.3) is 0 Å². The lowest BCUT2D eigenvalue weighted by Crippen LogP contribution is -2.40. The zero-order valence-electron chi connectivity index (χ0n) is 14.2. The molecule has 1 aromatic rings. The fraction of sp³-hybridized carbons (Fsp3) is 0.438. The molecule has 9 heteroatoms. The summed E-state index contributed by atoms with van der Waals surface area (Å²) in [5.41, 5.74) is 0.477. The molecule has 138 valence electrons. The van der Waals surface area contributed by atoms with Crippen molar-refractivity contribution in [2.45, 2.75) is 19.8 Å². The van der Waals surface area contributed by atoms with E-state index in [1.165, 1.54) is 7.05 Å².